The van der Waals surface area contributed by atoms with Crippen LogP contribution in [0.1, 0.15) is 201 Å². The molecule has 3 N–H and O–H groups in total. The van der Waals surface area contributed by atoms with Crippen molar-refractivity contribution in [1.82, 2.24) is 0 Å². The number of aliphatic hydroxyl groups is 3. The second-order valence-electron chi connectivity index (χ2n) is 13.5. The molecule has 264 valence electrons. The number of ketones is 3. The Kier molecular flexibility index (Phi) is 29.1. The third kappa shape index (κ3) is 21.9. The summed E-state index contributed by atoms with van der Waals surface area (Å²) in [5, 5.41) is 32.2. The van der Waals surface area contributed by atoms with Crippen molar-refractivity contribution in [3.8, 4) is 0 Å². The van der Waals surface area contributed by atoms with Gasteiger partial charge in [-0.25, -0.2) is 0 Å². The smallest absolute Gasteiger partial charge is 0.189 e. The third-order valence-corrected chi connectivity index (χ3v) is 9.16. The van der Waals surface area contributed by atoms with Gasteiger partial charge in [-0.1, -0.05) is 154 Å². The summed E-state index contributed by atoms with van der Waals surface area (Å²) in [4.78, 5) is 37.7. The molecule has 0 aromatic heterocycles. The van der Waals surface area contributed by atoms with Gasteiger partial charge in [0.25, 0.3) is 0 Å². The molecule has 0 saturated carbocycles. The molecule has 6 heteroatoms. The van der Waals surface area contributed by atoms with Crippen LogP contribution in [0, 0.1) is 0 Å². The van der Waals surface area contributed by atoms with Gasteiger partial charge in [0.1, 0.15) is 0 Å². The Balaban J connectivity index is 4.26. The lowest BCUT2D eigenvalue weighted by Crippen LogP contribution is -2.62. The van der Waals surface area contributed by atoms with E-state index in [1.165, 1.54) is 96.3 Å². The first-order valence-electron chi connectivity index (χ1n) is 19.0. The SMILES string of the molecule is CCCCCCCCC=CCCCCCCCC(=O)C(O)(C(O)C(C)=O)C(O)C(=O)CCCCCCCCCCCCCCC. The van der Waals surface area contributed by atoms with Crippen LogP contribution in [-0.4, -0.2) is 50.5 Å². The molecule has 6 nitrogen and oxygen atoms in total. The fourth-order valence-corrected chi connectivity index (χ4v) is 6.02. The standard InChI is InChI=1S/C39H72O6/c1-4-6-8-10-12-14-16-18-19-21-23-25-27-29-31-33-36(42)39(45,37(43)34(3)40)38(44)35(41)32-30-28-26-24-22-20-17-15-13-11-9-7-5-2/h18-19,37-38,43-45H,4-17,20-33H2,1-3H3. The quantitative estimate of drug-likeness (QED) is 0.0479. The number of hydrogen-bond donors (Lipinski definition) is 3. The van der Waals surface area contributed by atoms with E-state index in [2.05, 4.69) is 26.0 Å². The molecule has 0 fully saturated rings. The van der Waals surface area contributed by atoms with E-state index in [4.69, 9.17) is 0 Å². The third-order valence-electron chi connectivity index (χ3n) is 9.16. The topological polar surface area (TPSA) is 112 Å². The molecule has 3 atom stereocenters. The first-order chi connectivity index (χ1) is 21.7. The first kappa shape index (κ1) is 43.6. The number of aliphatic hydroxyl groups excluding tert-OH is 2. The van der Waals surface area contributed by atoms with Crippen molar-refractivity contribution < 1.29 is 29.7 Å². The summed E-state index contributed by atoms with van der Waals surface area (Å²) in [6.45, 7) is 5.52. The zero-order valence-corrected chi connectivity index (χ0v) is 29.7. The molecular formula is C39H72O6. The van der Waals surface area contributed by atoms with Crippen molar-refractivity contribution in [3.05, 3.63) is 12.2 Å². The van der Waals surface area contributed by atoms with Crippen LogP contribution < -0.4 is 0 Å². The van der Waals surface area contributed by atoms with Gasteiger partial charge in [-0.3, -0.25) is 14.4 Å². The maximum atomic E-state index is 13.0. The van der Waals surface area contributed by atoms with Crippen LogP contribution in [0.5, 0.6) is 0 Å². The molecular weight excluding hydrogens is 564 g/mol. The van der Waals surface area contributed by atoms with Gasteiger partial charge in [-0.15, -0.1) is 0 Å². The van der Waals surface area contributed by atoms with Crippen molar-refractivity contribution in [3.63, 3.8) is 0 Å². The van der Waals surface area contributed by atoms with Gasteiger partial charge in [-0.2, -0.15) is 0 Å². The number of carbonyl (C=O) groups is 3. The van der Waals surface area contributed by atoms with E-state index in [1.54, 1.807) is 0 Å². The predicted molar refractivity (Wildman–Crippen MR) is 187 cm³/mol. The Labute approximate surface area is 277 Å². The van der Waals surface area contributed by atoms with Crippen molar-refractivity contribution in [1.29, 1.82) is 0 Å². The lowest BCUT2D eigenvalue weighted by molar-refractivity contribution is -0.181. The molecule has 0 amide bonds. The van der Waals surface area contributed by atoms with Gasteiger partial charge in [0.15, 0.2) is 35.2 Å². The Morgan fingerprint density at radius 2 is 0.844 bits per heavy atom. The number of allylic oxidation sites excluding steroid dienone is 2. The van der Waals surface area contributed by atoms with Crippen molar-refractivity contribution >= 4 is 17.3 Å². The maximum absolute atomic E-state index is 13.0. The van der Waals surface area contributed by atoms with E-state index in [0.29, 0.717) is 12.8 Å². The summed E-state index contributed by atoms with van der Waals surface area (Å²) in [5.41, 5.74) is -2.79. The number of Topliss-reactive ketones (excluding diaryl/α,β-unsaturated/α-hetero) is 3. The molecule has 0 radical (unpaired) electrons. The van der Waals surface area contributed by atoms with Crippen LogP contribution in [0.15, 0.2) is 12.2 Å². The van der Waals surface area contributed by atoms with Gasteiger partial charge in [0, 0.05) is 12.8 Å². The van der Waals surface area contributed by atoms with Gasteiger partial charge in [0.05, 0.1) is 0 Å². The molecule has 3 unspecified atom stereocenters. The lowest BCUT2D eigenvalue weighted by Gasteiger charge is -2.33. The number of unbranched alkanes of at least 4 members (excludes halogenated alkanes) is 23. The van der Waals surface area contributed by atoms with Crippen molar-refractivity contribution in [2.45, 2.75) is 218 Å². The minimum Gasteiger partial charge on any atom is -0.382 e. The Morgan fingerprint density at radius 3 is 1.22 bits per heavy atom. The van der Waals surface area contributed by atoms with Gasteiger partial charge in [-0.05, 0) is 45.4 Å². The molecule has 0 spiro atoms. The largest absolute Gasteiger partial charge is 0.382 e. The summed E-state index contributed by atoms with van der Waals surface area (Å²) in [6.07, 6.45) is 29.7. The van der Waals surface area contributed by atoms with Crippen LogP contribution in [0.2, 0.25) is 0 Å². The van der Waals surface area contributed by atoms with E-state index >= 15 is 0 Å². The second kappa shape index (κ2) is 30.0. The number of rotatable bonds is 34. The lowest BCUT2D eigenvalue weighted by atomic mass is 9.79. The van der Waals surface area contributed by atoms with E-state index in [1.807, 2.05) is 0 Å². The van der Waals surface area contributed by atoms with Crippen LogP contribution in [0.25, 0.3) is 0 Å². The fourth-order valence-electron chi connectivity index (χ4n) is 6.02. The van der Waals surface area contributed by atoms with E-state index in [0.717, 1.165) is 64.7 Å². The highest BCUT2D eigenvalue weighted by molar-refractivity contribution is 6.01. The first-order valence-corrected chi connectivity index (χ1v) is 19.0. The molecule has 0 aromatic rings. The number of hydrogen-bond acceptors (Lipinski definition) is 6. The van der Waals surface area contributed by atoms with E-state index < -0.39 is 35.2 Å². The van der Waals surface area contributed by atoms with Gasteiger partial charge < -0.3 is 15.3 Å². The van der Waals surface area contributed by atoms with Gasteiger partial charge in [0.2, 0.25) is 0 Å². The van der Waals surface area contributed by atoms with E-state index in [9.17, 15) is 29.7 Å². The highest BCUT2D eigenvalue weighted by Gasteiger charge is 2.53. The molecule has 0 aliphatic rings. The van der Waals surface area contributed by atoms with Crippen LogP contribution in [-0.2, 0) is 14.4 Å². The van der Waals surface area contributed by atoms with E-state index in [-0.39, 0.29) is 12.8 Å². The minimum absolute atomic E-state index is 0.00649. The fraction of sp³-hybridized carbons (Fsp3) is 0.872. The summed E-state index contributed by atoms with van der Waals surface area (Å²) >= 11 is 0. The molecule has 0 saturated heterocycles. The zero-order valence-electron chi connectivity index (χ0n) is 29.7. The van der Waals surface area contributed by atoms with Gasteiger partial charge >= 0.3 is 0 Å². The highest BCUT2D eigenvalue weighted by Crippen LogP contribution is 2.25. The molecule has 0 aromatic carbocycles. The average molecular weight is 637 g/mol. The Bertz CT molecular complexity index is 763. The molecule has 0 aliphatic heterocycles. The molecule has 0 rings (SSSR count). The monoisotopic (exact) mass is 637 g/mol. The van der Waals surface area contributed by atoms with Crippen molar-refractivity contribution in [2.75, 3.05) is 0 Å². The predicted octanol–water partition coefficient (Wildman–Crippen LogP) is 9.69. The zero-order chi connectivity index (χ0) is 33.6. The van der Waals surface area contributed by atoms with Crippen LogP contribution in [0.4, 0.5) is 0 Å². The second-order valence-corrected chi connectivity index (χ2v) is 13.5. The summed E-state index contributed by atoms with van der Waals surface area (Å²) in [5.74, 6) is -2.38. The summed E-state index contributed by atoms with van der Waals surface area (Å²) in [6, 6.07) is 0. The normalized spacial score (nSPS) is 14.4. The maximum Gasteiger partial charge on any atom is 0.189 e. The van der Waals surface area contributed by atoms with Crippen LogP contribution >= 0.6 is 0 Å². The minimum atomic E-state index is -2.79. The molecule has 0 bridgehead atoms. The number of carbonyl (C=O) groups excluding carboxylic acids is 3. The van der Waals surface area contributed by atoms with Crippen LogP contribution in [0.3, 0.4) is 0 Å². The summed E-state index contributed by atoms with van der Waals surface area (Å²) < 4.78 is 0. The average Bonchev–Trinajstić information content (AvgIpc) is 3.03. The molecule has 0 aliphatic carbocycles. The Hall–Kier alpha value is -1.37. The molecule has 0 heterocycles. The Morgan fingerprint density at radius 1 is 0.511 bits per heavy atom. The molecule has 45 heavy (non-hydrogen) atoms. The van der Waals surface area contributed by atoms with Crippen molar-refractivity contribution in [2.24, 2.45) is 0 Å². The summed E-state index contributed by atoms with van der Waals surface area (Å²) in [7, 11) is 0. The highest BCUT2D eigenvalue weighted by atomic mass is 16.4.